The van der Waals surface area contributed by atoms with E-state index in [9.17, 15) is 0 Å². The third-order valence-corrected chi connectivity index (χ3v) is 0.582. The van der Waals surface area contributed by atoms with Crippen molar-refractivity contribution >= 4 is 0 Å². The van der Waals surface area contributed by atoms with Crippen molar-refractivity contribution in [2.75, 3.05) is 13.2 Å². The molecule has 0 rings (SSSR count). The zero-order valence-corrected chi connectivity index (χ0v) is 4.58. The van der Waals surface area contributed by atoms with Gasteiger partial charge in [-0.1, -0.05) is 6.58 Å². The van der Waals surface area contributed by atoms with E-state index in [1.165, 1.54) is 6.08 Å². The number of hydrogen-bond acceptors (Lipinski definition) is 3. The van der Waals surface area contributed by atoms with Gasteiger partial charge in [-0.2, -0.15) is 0 Å². The lowest BCUT2D eigenvalue weighted by Gasteiger charge is -2.03. The molecule has 3 nitrogen and oxygen atoms in total. The van der Waals surface area contributed by atoms with E-state index in [2.05, 4.69) is 11.3 Å². The molecule has 0 fully saturated rings. The molecule has 0 aliphatic rings. The van der Waals surface area contributed by atoms with Crippen LogP contribution in [0, 0.1) is 0 Å². The van der Waals surface area contributed by atoms with Gasteiger partial charge >= 0.3 is 0 Å². The van der Waals surface area contributed by atoms with Crippen LogP contribution in [0.4, 0.5) is 0 Å². The van der Waals surface area contributed by atoms with E-state index in [4.69, 9.17) is 10.2 Å². The fourth-order valence-electron chi connectivity index (χ4n) is 0.241. The van der Waals surface area contributed by atoms with Crippen LogP contribution in [0.5, 0.6) is 0 Å². The van der Waals surface area contributed by atoms with Crippen molar-refractivity contribution in [1.82, 2.24) is 0 Å². The Bertz CT molecular complexity index is 62.7. The summed E-state index contributed by atoms with van der Waals surface area (Å²) in [7, 11) is 0. The summed E-state index contributed by atoms with van der Waals surface area (Å²) < 4.78 is 4.53. The largest absolute Gasteiger partial charge is 0.394 e. The van der Waals surface area contributed by atoms with Crippen molar-refractivity contribution in [3.63, 3.8) is 0 Å². The van der Waals surface area contributed by atoms with Crippen molar-refractivity contribution in [3.05, 3.63) is 12.7 Å². The molecule has 0 saturated carbocycles. The fraction of sp³-hybridized carbons (Fsp3) is 0.600. The first-order chi connectivity index (χ1) is 3.81. The van der Waals surface area contributed by atoms with Crippen molar-refractivity contribution in [2.24, 2.45) is 0 Å². The lowest BCUT2D eigenvalue weighted by Crippen LogP contribution is -2.10. The highest BCUT2D eigenvalue weighted by molar-refractivity contribution is 4.69. The lowest BCUT2D eigenvalue weighted by molar-refractivity contribution is -0.0733. The van der Waals surface area contributed by atoms with Crippen molar-refractivity contribution < 1.29 is 14.9 Å². The molecule has 0 bridgehead atoms. The first-order valence-corrected chi connectivity index (χ1v) is 2.34. The van der Waals surface area contributed by atoms with E-state index in [1.54, 1.807) is 0 Å². The Morgan fingerprint density at radius 2 is 2.38 bits per heavy atom. The molecule has 8 heavy (non-hydrogen) atoms. The van der Waals surface area contributed by atoms with E-state index < -0.39 is 6.29 Å². The standard InChI is InChI=1S/C5H10O3/c1-2-5(7)8-4-3-6/h2,5-7H,1,3-4H2. The molecule has 2 N–H and O–H groups in total. The molecule has 0 heterocycles. The number of hydrogen-bond donors (Lipinski definition) is 2. The molecule has 3 heteroatoms. The predicted molar refractivity (Wildman–Crippen MR) is 29.2 cm³/mol. The average molecular weight is 118 g/mol. The summed E-state index contributed by atoms with van der Waals surface area (Å²) in [6.07, 6.45) is 0.303. The summed E-state index contributed by atoms with van der Waals surface area (Å²) in [6, 6.07) is 0. The highest BCUT2D eigenvalue weighted by atomic mass is 16.6. The highest BCUT2D eigenvalue weighted by Gasteiger charge is 1.92. The molecule has 48 valence electrons. The van der Waals surface area contributed by atoms with Gasteiger partial charge in [-0.3, -0.25) is 0 Å². The monoisotopic (exact) mass is 118 g/mol. The molecule has 0 aliphatic carbocycles. The van der Waals surface area contributed by atoms with Crippen LogP contribution in [-0.2, 0) is 4.74 Å². The normalized spacial score (nSPS) is 13.2. The SMILES string of the molecule is C=CC(O)OCCO. The quantitative estimate of drug-likeness (QED) is 0.386. The van der Waals surface area contributed by atoms with Crippen molar-refractivity contribution in [1.29, 1.82) is 0 Å². The van der Waals surface area contributed by atoms with Gasteiger partial charge in [0, 0.05) is 0 Å². The van der Waals surface area contributed by atoms with Crippen LogP contribution in [0.25, 0.3) is 0 Å². The molecule has 0 aromatic rings. The van der Waals surface area contributed by atoms with Crippen molar-refractivity contribution in [2.45, 2.75) is 6.29 Å². The van der Waals surface area contributed by atoms with Gasteiger partial charge in [-0.05, 0) is 6.08 Å². The Balaban J connectivity index is 2.98. The van der Waals surface area contributed by atoms with E-state index in [0.29, 0.717) is 0 Å². The van der Waals surface area contributed by atoms with Gasteiger partial charge in [-0.15, -0.1) is 0 Å². The summed E-state index contributed by atoms with van der Waals surface area (Å²) in [6.45, 7) is 3.32. The molecular formula is C5H10O3. The van der Waals surface area contributed by atoms with Crippen LogP contribution < -0.4 is 0 Å². The van der Waals surface area contributed by atoms with Gasteiger partial charge in [0.05, 0.1) is 13.2 Å². The summed E-state index contributed by atoms with van der Waals surface area (Å²) in [5.41, 5.74) is 0. The number of ether oxygens (including phenoxy) is 1. The van der Waals surface area contributed by atoms with E-state index in [-0.39, 0.29) is 13.2 Å². The second-order valence-electron chi connectivity index (χ2n) is 1.22. The lowest BCUT2D eigenvalue weighted by atomic mass is 10.6. The maximum atomic E-state index is 8.54. The zero-order chi connectivity index (χ0) is 6.41. The van der Waals surface area contributed by atoms with Gasteiger partial charge in [-0.25, -0.2) is 0 Å². The molecule has 0 spiro atoms. The minimum Gasteiger partial charge on any atom is -0.394 e. The van der Waals surface area contributed by atoms with Gasteiger partial charge in [0.25, 0.3) is 0 Å². The summed E-state index contributed by atoms with van der Waals surface area (Å²) in [5.74, 6) is 0. The third-order valence-electron chi connectivity index (χ3n) is 0.582. The molecule has 0 aromatic heterocycles. The Kier molecular flexibility index (Phi) is 4.54. The van der Waals surface area contributed by atoms with Crippen LogP contribution in [0.15, 0.2) is 12.7 Å². The molecule has 0 aliphatic heterocycles. The van der Waals surface area contributed by atoms with E-state index in [1.807, 2.05) is 0 Å². The number of rotatable bonds is 4. The van der Waals surface area contributed by atoms with Crippen LogP contribution >= 0.6 is 0 Å². The zero-order valence-electron chi connectivity index (χ0n) is 4.58. The Morgan fingerprint density at radius 3 is 2.75 bits per heavy atom. The smallest absolute Gasteiger partial charge is 0.173 e. The highest BCUT2D eigenvalue weighted by Crippen LogP contribution is 1.84. The summed E-state index contributed by atoms with van der Waals surface area (Å²) >= 11 is 0. The molecular weight excluding hydrogens is 108 g/mol. The van der Waals surface area contributed by atoms with Crippen LogP contribution in [0.2, 0.25) is 0 Å². The number of aliphatic hydroxyl groups is 2. The minimum atomic E-state index is -0.942. The molecule has 1 unspecified atom stereocenters. The fourth-order valence-corrected chi connectivity index (χ4v) is 0.241. The van der Waals surface area contributed by atoms with E-state index in [0.717, 1.165) is 0 Å². The van der Waals surface area contributed by atoms with Gasteiger partial charge in [0.2, 0.25) is 0 Å². The molecule has 1 atom stereocenters. The topological polar surface area (TPSA) is 49.7 Å². The van der Waals surface area contributed by atoms with E-state index >= 15 is 0 Å². The average Bonchev–Trinajstić information content (AvgIpc) is 1.83. The van der Waals surface area contributed by atoms with Crippen LogP contribution in [0.1, 0.15) is 0 Å². The Labute approximate surface area is 48.2 Å². The second kappa shape index (κ2) is 4.77. The van der Waals surface area contributed by atoms with Crippen molar-refractivity contribution in [3.8, 4) is 0 Å². The number of aliphatic hydroxyl groups excluding tert-OH is 2. The molecule has 0 saturated heterocycles. The maximum absolute atomic E-state index is 8.54. The molecule has 0 aromatic carbocycles. The Morgan fingerprint density at radius 1 is 1.75 bits per heavy atom. The molecule has 0 radical (unpaired) electrons. The predicted octanol–water partition coefficient (Wildman–Crippen LogP) is -0.500. The molecule has 0 amide bonds. The first-order valence-electron chi connectivity index (χ1n) is 2.34. The van der Waals surface area contributed by atoms with Gasteiger partial charge in [0.15, 0.2) is 6.29 Å². The third kappa shape index (κ3) is 3.80. The van der Waals surface area contributed by atoms with Gasteiger partial charge < -0.3 is 14.9 Å². The van der Waals surface area contributed by atoms with Gasteiger partial charge in [0.1, 0.15) is 0 Å². The van der Waals surface area contributed by atoms with Crippen LogP contribution in [-0.4, -0.2) is 29.7 Å². The minimum absolute atomic E-state index is 0.0785. The second-order valence-corrected chi connectivity index (χ2v) is 1.22. The summed E-state index contributed by atoms with van der Waals surface area (Å²) in [5, 5.41) is 16.7. The summed E-state index contributed by atoms with van der Waals surface area (Å²) in [4.78, 5) is 0. The Hall–Kier alpha value is -0.380. The first kappa shape index (κ1) is 7.62. The maximum Gasteiger partial charge on any atom is 0.173 e. The van der Waals surface area contributed by atoms with Crippen LogP contribution in [0.3, 0.4) is 0 Å².